The fourth-order valence-electron chi connectivity index (χ4n) is 0.782. The van der Waals surface area contributed by atoms with E-state index in [1.165, 1.54) is 4.80 Å². The van der Waals surface area contributed by atoms with Crippen LogP contribution in [0.3, 0.4) is 0 Å². The van der Waals surface area contributed by atoms with Gasteiger partial charge in [-0.3, -0.25) is 0 Å². The second kappa shape index (κ2) is 2.48. The van der Waals surface area contributed by atoms with Gasteiger partial charge in [-0.25, -0.2) is 0 Å². The number of rotatable bonds is 1. The Morgan fingerprint density at radius 1 is 1.60 bits per heavy atom. The standard InChI is InChI=1S/C6H8N4/c1-5-6(3-4-7)9-10(2)8-5/h3H2,1-2H3. The van der Waals surface area contributed by atoms with Gasteiger partial charge >= 0.3 is 0 Å². The molecule has 10 heavy (non-hydrogen) atoms. The molecular formula is C6H8N4. The van der Waals surface area contributed by atoms with E-state index < -0.39 is 0 Å². The Hall–Kier alpha value is -1.37. The molecule has 1 rings (SSSR count). The van der Waals surface area contributed by atoms with E-state index in [1.807, 2.05) is 13.0 Å². The van der Waals surface area contributed by atoms with Crippen molar-refractivity contribution in [1.29, 1.82) is 5.26 Å². The summed E-state index contributed by atoms with van der Waals surface area (Å²) in [6.07, 6.45) is 0.347. The molecule has 0 saturated carbocycles. The number of nitriles is 1. The van der Waals surface area contributed by atoms with Crippen LogP contribution in [0.1, 0.15) is 11.4 Å². The second-order valence-corrected chi connectivity index (χ2v) is 2.06. The lowest BCUT2D eigenvalue weighted by Gasteiger charge is -1.81. The molecule has 0 saturated heterocycles. The lowest BCUT2D eigenvalue weighted by molar-refractivity contribution is 0.644. The molecular weight excluding hydrogens is 128 g/mol. The normalized spacial score (nSPS) is 9.30. The van der Waals surface area contributed by atoms with Crippen molar-refractivity contribution in [3.05, 3.63) is 11.4 Å². The molecule has 0 aromatic carbocycles. The Kier molecular flexibility index (Phi) is 1.67. The summed E-state index contributed by atoms with van der Waals surface area (Å²) in [7, 11) is 1.74. The maximum Gasteiger partial charge on any atom is 0.0996 e. The summed E-state index contributed by atoms with van der Waals surface area (Å²) in [5.41, 5.74) is 1.61. The van der Waals surface area contributed by atoms with Gasteiger partial charge in [0.2, 0.25) is 0 Å². The van der Waals surface area contributed by atoms with E-state index in [9.17, 15) is 0 Å². The minimum absolute atomic E-state index is 0.347. The lowest BCUT2D eigenvalue weighted by Crippen LogP contribution is -1.92. The van der Waals surface area contributed by atoms with Crippen LogP contribution in [0, 0.1) is 18.3 Å². The Bertz CT molecular complexity index is 268. The fourth-order valence-corrected chi connectivity index (χ4v) is 0.782. The second-order valence-electron chi connectivity index (χ2n) is 2.06. The molecule has 0 aliphatic rings. The quantitative estimate of drug-likeness (QED) is 0.553. The monoisotopic (exact) mass is 136 g/mol. The summed E-state index contributed by atoms with van der Waals surface area (Å²) < 4.78 is 0. The van der Waals surface area contributed by atoms with Crippen molar-refractivity contribution in [3.8, 4) is 6.07 Å². The number of aromatic nitrogens is 3. The summed E-state index contributed by atoms with van der Waals surface area (Å²) in [5.74, 6) is 0. The van der Waals surface area contributed by atoms with Gasteiger partial charge in [0, 0.05) is 7.05 Å². The number of hydrogen-bond donors (Lipinski definition) is 0. The van der Waals surface area contributed by atoms with Crippen LogP contribution in [-0.2, 0) is 13.5 Å². The first-order valence-corrected chi connectivity index (χ1v) is 2.98. The Labute approximate surface area is 59.1 Å². The van der Waals surface area contributed by atoms with E-state index in [2.05, 4.69) is 10.2 Å². The van der Waals surface area contributed by atoms with Crippen molar-refractivity contribution in [1.82, 2.24) is 15.0 Å². The SMILES string of the molecule is Cc1nn(C)nc1CC#N. The molecule has 0 bridgehead atoms. The molecule has 0 N–H and O–H groups in total. The molecule has 0 fully saturated rings. The van der Waals surface area contributed by atoms with Gasteiger partial charge < -0.3 is 0 Å². The van der Waals surface area contributed by atoms with E-state index in [4.69, 9.17) is 5.26 Å². The first kappa shape index (κ1) is 6.75. The molecule has 52 valence electrons. The largest absolute Gasteiger partial charge is 0.198 e. The van der Waals surface area contributed by atoms with Crippen LogP contribution in [0.5, 0.6) is 0 Å². The third-order valence-corrected chi connectivity index (χ3v) is 1.22. The molecule has 1 heterocycles. The molecule has 0 radical (unpaired) electrons. The minimum atomic E-state index is 0.347. The van der Waals surface area contributed by atoms with Crippen molar-refractivity contribution >= 4 is 0 Å². The van der Waals surface area contributed by atoms with Gasteiger partial charge in [0.1, 0.15) is 0 Å². The highest BCUT2D eigenvalue weighted by Crippen LogP contribution is 1.98. The van der Waals surface area contributed by atoms with Crippen molar-refractivity contribution in [2.45, 2.75) is 13.3 Å². The minimum Gasteiger partial charge on any atom is -0.198 e. The van der Waals surface area contributed by atoms with E-state index in [0.717, 1.165) is 11.4 Å². The molecule has 4 nitrogen and oxygen atoms in total. The highest BCUT2D eigenvalue weighted by atomic mass is 15.5. The van der Waals surface area contributed by atoms with Gasteiger partial charge in [-0.05, 0) is 6.92 Å². The van der Waals surface area contributed by atoms with Crippen LogP contribution in [0.15, 0.2) is 0 Å². The molecule has 0 aliphatic carbocycles. The summed E-state index contributed by atoms with van der Waals surface area (Å²) in [4.78, 5) is 1.47. The number of hydrogen-bond acceptors (Lipinski definition) is 3. The lowest BCUT2D eigenvalue weighted by atomic mass is 10.3. The number of aryl methyl sites for hydroxylation is 2. The predicted molar refractivity (Wildman–Crippen MR) is 35.1 cm³/mol. The average molecular weight is 136 g/mol. The van der Waals surface area contributed by atoms with Gasteiger partial charge in [0.05, 0.1) is 23.9 Å². The highest BCUT2D eigenvalue weighted by Gasteiger charge is 2.02. The zero-order valence-electron chi connectivity index (χ0n) is 6.00. The van der Waals surface area contributed by atoms with Crippen molar-refractivity contribution in [2.24, 2.45) is 7.05 Å². The summed E-state index contributed by atoms with van der Waals surface area (Å²) in [5, 5.41) is 16.3. The molecule has 0 unspecified atom stereocenters. The topological polar surface area (TPSA) is 54.5 Å². The van der Waals surface area contributed by atoms with Crippen molar-refractivity contribution < 1.29 is 0 Å². The summed E-state index contributed by atoms with van der Waals surface area (Å²) in [6, 6.07) is 2.02. The maximum absolute atomic E-state index is 8.33. The molecule has 0 spiro atoms. The van der Waals surface area contributed by atoms with Crippen molar-refractivity contribution in [2.75, 3.05) is 0 Å². The molecule has 0 amide bonds. The van der Waals surface area contributed by atoms with E-state index >= 15 is 0 Å². The van der Waals surface area contributed by atoms with Gasteiger partial charge in [0.15, 0.2) is 0 Å². The fraction of sp³-hybridized carbons (Fsp3) is 0.500. The molecule has 1 aromatic heterocycles. The molecule has 1 aromatic rings. The van der Waals surface area contributed by atoms with Crippen LogP contribution in [0.2, 0.25) is 0 Å². The van der Waals surface area contributed by atoms with Crippen LogP contribution < -0.4 is 0 Å². The van der Waals surface area contributed by atoms with Gasteiger partial charge in [-0.1, -0.05) is 0 Å². The van der Waals surface area contributed by atoms with E-state index in [0.29, 0.717) is 6.42 Å². The summed E-state index contributed by atoms with van der Waals surface area (Å²) >= 11 is 0. The summed E-state index contributed by atoms with van der Waals surface area (Å²) in [6.45, 7) is 1.85. The van der Waals surface area contributed by atoms with Crippen LogP contribution in [-0.4, -0.2) is 15.0 Å². The third kappa shape index (κ3) is 1.13. The number of nitrogens with zero attached hydrogens (tertiary/aromatic N) is 4. The Morgan fingerprint density at radius 3 is 2.70 bits per heavy atom. The molecule has 0 aliphatic heterocycles. The first-order valence-electron chi connectivity index (χ1n) is 2.98. The molecule has 4 heteroatoms. The van der Waals surface area contributed by atoms with Crippen LogP contribution in [0.25, 0.3) is 0 Å². The average Bonchev–Trinajstić information content (AvgIpc) is 2.13. The van der Waals surface area contributed by atoms with Crippen LogP contribution in [0.4, 0.5) is 0 Å². The first-order chi connectivity index (χ1) is 4.74. The predicted octanol–water partition coefficient (Wildman–Crippen LogP) is 0.190. The van der Waals surface area contributed by atoms with Gasteiger partial charge in [-0.2, -0.15) is 20.3 Å². The van der Waals surface area contributed by atoms with Crippen molar-refractivity contribution in [3.63, 3.8) is 0 Å². The smallest absolute Gasteiger partial charge is 0.0996 e. The Morgan fingerprint density at radius 2 is 2.30 bits per heavy atom. The van der Waals surface area contributed by atoms with Gasteiger partial charge in [0.25, 0.3) is 0 Å². The van der Waals surface area contributed by atoms with Crippen LogP contribution >= 0.6 is 0 Å². The zero-order valence-corrected chi connectivity index (χ0v) is 6.00. The Balaban J connectivity index is 2.94. The van der Waals surface area contributed by atoms with Gasteiger partial charge in [-0.15, -0.1) is 0 Å². The maximum atomic E-state index is 8.33. The van der Waals surface area contributed by atoms with E-state index in [1.54, 1.807) is 7.05 Å². The van der Waals surface area contributed by atoms with E-state index in [-0.39, 0.29) is 0 Å². The third-order valence-electron chi connectivity index (χ3n) is 1.22. The molecule has 0 atom stereocenters. The highest BCUT2D eigenvalue weighted by molar-refractivity contribution is 5.10. The zero-order chi connectivity index (χ0) is 7.56.